The minimum atomic E-state index is -0.473. The summed E-state index contributed by atoms with van der Waals surface area (Å²) in [4.78, 5) is 24.3. The maximum absolute atomic E-state index is 11.9. The lowest BCUT2D eigenvalue weighted by molar-refractivity contribution is -0.143. The predicted octanol–water partition coefficient (Wildman–Crippen LogP) is 1.03. The first-order chi connectivity index (χ1) is 8.06. The molecule has 0 aliphatic carbocycles. The van der Waals surface area contributed by atoms with Crippen molar-refractivity contribution in [2.45, 2.75) is 6.92 Å². The van der Waals surface area contributed by atoms with Crippen LogP contribution in [0.3, 0.4) is 0 Å². The molecule has 0 heterocycles. The van der Waals surface area contributed by atoms with Crippen molar-refractivity contribution in [1.29, 1.82) is 0 Å². The van der Waals surface area contributed by atoms with Crippen LogP contribution in [0.5, 0.6) is 5.75 Å². The first-order valence-electron chi connectivity index (χ1n) is 5.25. The zero-order valence-corrected chi connectivity index (χ0v) is 9.84. The number of phenolic OH excluding ortho intramolecular Hbond substituents is 1. The largest absolute Gasteiger partial charge is 0.507 e. The molecule has 1 aromatic rings. The Morgan fingerprint density at radius 1 is 1.35 bits per heavy atom. The van der Waals surface area contributed by atoms with E-state index in [1.54, 1.807) is 19.1 Å². The summed E-state index contributed by atoms with van der Waals surface area (Å²) in [6.45, 7) is 1.83. The minimum Gasteiger partial charge on any atom is -0.507 e. The van der Waals surface area contributed by atoms with E-state index in [9.17, 15) is 14.7 Å². The van der Waals surface area contributed by atoms with Gasteiger partial charge < -0.3 is 14.7 Å². The van der Waals surface area contributed by atoms with E-state index in [0.717, 1.165) is 0 Å². The normalized spacial score (nSPS) is 9.76. The number of carbonyl (C=O) groups excluding carboxylic acids is 2. The van der Waals surface area contributed by atoms with Crippen LogP contribution in [0, 0.1) is 0 Å². The molecular formula is C12H15NO4. The van der Waals surface area contributed by atoms with Crippen LogP contribution < -0.4 is 0 Å². The quantitative estimate of drug-likeness (QED) is 0.794. The highest BCUT2D eigenvalue weighted by molar-refractivity contribution is 5.98. The predicted molar refractivity (Wildman–Crippen MR) is 61.7 cm³/mol. The molecule has 92 valence electrons. The van der Waals surface area contributed by atoms with Gasteiger partial charge >= 0.3 is 5.97 Å². The summed E-state index contributed by atoms with van der Waals surface area (Å²) in [5, 5.41) is 9.50. The molecule has 0 aromatic heterocycles. The first-order valence-corrected chi connectivity index (χ1v) is 5.25. The van der Waals surface area contributed by atoms with E-state index in [1.807, 2.05) is 0 Å². The van der Waals surface area contributed by atoms with Crippen LogP contribution in [0.1, 0.15) is 17.3 Å². The smallest absolute Gasteiger partial charge is 0.325 e. The third-order valence-corrected chi connectivity index (χ3v) is 2.15. The highest BCUT2D eigenvalue weighted by Gasteiger charge is 2.17. The van der Waals surface area contributed by atoms with Gasteiger partial charge in [-0.25, -0.2) is 0 Å². The fourth-order valence-corrected chi connectivity index (χ4v) is 1.33. The number of para-hydroxylation sites is 1. The number of phenols is 1. The van der Waals surface area contributed by atoms with E-state index in [2.05, 4.69) is 0 Å². The number of nitrogens with zero attached hydrogens (tertiary/aromatic N) is 1. The van der Waals surface area contributed by atoms with Crippen LogP contribution in [-0.4, -0.2) is 42.1 Å². The number of aromatic hydroxyl groups is 1. The van der Waals surface area contributed by atoms with Crippen LogP contribution in [0.15, 0.2) is 24.3 Å². The molecule has 0 bridgehead atoms. The average Bonchev–Trinajstić information content (AvgIpc) is 2.29. The number of likely N-dealkylation sites (N-methyl/N-ethyl adjacent to an activating group) is 1. The van der Waals surface area contributed by atoms with Crippen LogP contribution in [0.4, 0.5) is 0 Å². The monoisotopic (exact) mass is 237 g/mol. The van der Waals surface area contributed by atoms with Gasteiger partial charge in [-0.3, -0.25) is 9.59 Å². The first kappa shape index (κ1) is 13.0. The zero-order valence-electron chi connectivity index (χ0n) is 9.84. The van der Waals surface area contributed by atoms with E-state index in [4.69, 9.17) is 4.74 Å². The number of amides is 1. The summed E-state index contributed by atoms with van der Waals surface area (Å²) >= 11 is 0. The third kappa shape index (κ3) is 3.48. The van der Waals surface area contributed by atoms with Crippen molar-refractivity contribution in [2.75, 3.05) is 20.2 Å². The summed E-state index contributed by atoms with van der Waals surface area (Å²) in [7, 11) is 1.48. The Kier molecular flexibility index (Phi) is 4.51. The van der Waals surface area contributed by atoms with Gasteiger partial charge in [-0.15, -0.1) is 0 Å². The van der Waals surface area contributed by atoms with Crippen molar-refractivity contribution in [3.05, 3.63) is 29.8 Å². The lowest BCUT2D eigenvalue weighted by Crippen LogP contribution is -2.33. The fraction of sp³-hybridized carbons (Fsp3) is 0.333. The van der Waals surface area contributed by atoms with Crippen molar-refractivity contribution in [3.63, 3.8) is 0 Å². The van der Waals surface area contributed by atoms with Gasteiger partial charge in [0.05, 0.1) is 12.2 Å². The molecule has 1 amide bonds. The van der Waals surface area contributed by atoms with E-state index < -0.39 is 11.9 Å². The topological polar surface area (TPSA) is 66.8 Å². The van der Waals surface area contributed by atoms with Gasteiger partial charge in [0.1, 0.15) is 12.3 Å². The van der Waals surface area contributed by atoms with E-state index in [-0.39, 0.29) is 24.5 Å². The Morgan fingerprint density at radius 2 is 2.00 bits per heavy atom. The number of rotatable bonds is 4. The van der Waals surface area contributed by atoms with Crippen molar-refractivity contribution in [3.8, 4) is 5.75 Å². The Balaban J connectivity index is 2.70. The lowest BCUT2D eigenvalue weighted by atomic mass is 10.2. The molecule has 0 aliphatic heterocycles. The second kappa shape index (κ2) is 5.89. The highest BCUT2D eigenvalue weighted by Crippen LogP contribution is 2.17. The second-order valence-corrected chi connectivity index (χ2v) is 3.48. The van der Waals surface area contributed by atoms with Crippen molar-refractivity contribution in [1.82, 2.24) is 4.90 Å². The van der Waals surface area contributed by atoms with Gasteiger partial charge in [-0.05, 0) is 19.1 Å². The zero-order chi connectivity index (χ0) is 12.8. The minimum absolute atomic E-state index is 0.104. The van der Waals surface area contributed by atoms with E-state index in [0.29, 0.717) is 0 Å². The van der Waals surface area contributed by atoms with E-state index >= 15 is 0 Å². The third-order valence-electron chi connectivity index (χ3n) is 2.15. The molecule has 0 radical (unpaired) electrons. The van der Waals surface area contributed by atoms with Gasteiger partial charge in [0.25, 0.3) is 5.91 Å². The highest BCUT2D eigenvalue weighted by atomic mass is 16.5. The van der Waals surface area contributed by atoms with Crippen molar-refractivity contribution in [2.24, 2.45) is 0 Å². The van der Waals surface area contributed by atoms with E-state index in [1.165, 1.54) is 24.1 Å². The Labute approximate surface area is 99.6 Å². The maximum Gasteiger partial charge on any atom is 0.325 e. The molecule has 0 aliphatic rings. The molecule has 0 atom stereocenters. The number of esters is 1. The van der Waals surface area contributed by atoms with Gasteiger partial charge in [-0.1, -0.05) is 12.1 Å². The molecule has 0 saturated heterocycles. The summed E-state index contributed by atoms with van der Waals surface area (Å²) in [6.07, 6.45) is 0. The summed E-state index contributed by atoms with van der Waals surface area (Å²) < 4.78 is 4.73. The molecular weight excluding hydrogens is 222 g/mol. The Bertz CT molecular complexity index is 417. The summed E-state index contributed by atoms with van der Waals surface area (Å²) in [5.74, 6) is -0.997. The van der Waals surface area contributed by atoms with Gasteiger partial charge in [0.2, 0.25) is 0 Å². The number of benzene rings is 1. The van der Waals surface area contributed by atoms with Crippen LogP contribution >= 0.6 is 0 Å². The molecule has 0 fully saturated rings. The molecule has 1 N–H and O–H groups in total. The van der Waals surface area contributed by atoms with Crippen LogP contribution in [-0.2, 0) is 9.53 Å². The van der Waals surface area contributed by atoms with Gasteiger partial charge in [0, 0.05) is 7.05 Å². The second-order valence-electron chi connectivity index (χ2n) is 3.48. The molecule has 0 saturated carbocycles. The molecule has 5 heteroatoms. The molecule has 1 aromatic carbocycles. The number of hydrogen-bond acceptors (Lipinski definition) is 4. The van der Waals surface area contributed by atoms with Crippen molar-refractivity contribution >= 4 is 11.9 Å². The van der Waals surface area contributed by atoms with Crippen molar-refractivity contribution < 1.29 is 19.4 Å². The standard InChI is InChI=1S/C12H15NO4/c1-3-17-11(15)8-13(2)12(16)9-6-4-5-7-10(9)14/h4-7,14H,3,8H2,1-2H3. The molecule has 17 heavy (non-hydrogen) atoms. The summed E-state index contributed by atoms with van der Waals surface area (Å²) in [6, 6.07) is 6.19. The van der Waals surface area contributed by atoms with Gasteiger partial charge in [-0.2, -0.15) is 0 Å². The number of hydrogen-bond donors (Lipinski definition) is 1. The Hall–Kier alpha value is -2.04. The maximum atomic E-state index is 11.9. The molecule has 0 spiro atoms. The molecule has 0 unspecified atom stereocenters. The van der Waals surface area contributed by atoms with Gasteiger partial charge in [0.15, 0.2) is 0 Å². The fourth-order valence-electron chi connectivity index (χ4n) is 1.33. The average molecular weight is 237 g/mol. The van der Waals surface area contributed by atoms with Crippen LogP contribution in [0.25, 0.3) is 0 Å². The lowest BCUT2D eigenvalue weighted by Gasteiger charge is -2.16. The molecule has 1 rings (SSSR count). The van der Waals surface area contributed by atoms with Crippen LogP contribution in [0.2, 0.25) is 0 Å². The molecule has 5 nitrogen and oxygen atoms in total. The Morgan fingerprint density at radius 3 is 2.59 bits per heavy atom. The number of ether oxygens (including phenoxy) is 1. The summed E-state index contributed by atoms with van der Waals surface area (Å²) in [5.41, 5.74) is 0.166. The number of carbonyl (C=O) groups is 2. The SMILES string of the molecule is CCOC(=O)CN(C)C(=O)c1ccccc1O.